The largest absolute Gasteiger partial charge is 0.497 e. The lowest BCUT2D eigenvalue weighted by Gasteiger charge is -2.50. The van der Waals surface area contributed by atoms with Crippen LogP contribution in [0.25, 0.3) is 0 Å². The summed E-state index contributed by atoms with van der Waals surface area (Å²) in [5.74, 6) is 1.83. The van der Waals surface area contributed by atoms with Crippen molar-refractivity contribution in [3.05, 3.63) is 58.1 Å². The van der Waals surface area contributed by atoms with Crippen LogP contribution in [0.1, 0.15) is 31.4 Å². The summed E-state index contributed by atoms with van der Waals surface area (Å²) in [5, 5.41) is 0. The van der Waals surface area contributed by atoms with Crippen molar-refractivity contribution in [1.29, 1.82) is 0 Å². The van der Waals surface area contributed by atoms with Gasteiger partial charge in [-0.05, 0) is 49.7 Å². The van der Waals surface area contributed by atoms with Gasteiger partial charge < -0.3 is 14.2 Å². The van der Waals surface area contributed by atoms with E-state index in [4.69, 9.17) is 14.2 Å². The fourth-order valence-corrected chi connectivity index (χ4v) is 4.71. The SMILES string of the molecule is COc1cccc(CN2CCOC3(C2)CC(C)(C)Oc2ccc(Br)cc23)c1.Cl. The predicted molar refractivity (Wildman–Crippen MR) is 117 cm³/mol. The third-order valence-electron chi connectivity index (χ3n) is 5.34. The lowest BCUT2D eigenvalue weighted by Crippen LogP contribution is -2.55. The number of methoxy groups -OCH3 is 1. The van der Waals surface area contributed by atoms with Crippen molar-refractivity contribution in [3.8, 4) is 11.5 Å². The van der Waals surface area contributed by atoms with Crippen LogP contribution in [0.15, 0.2) is 46.9 Å². The maximum Gasteiger partial charge on any atom is 0.126 e. The van der Waals surface area contributed by atoms with E-state index in [-0.39, 0.29) is 23.6 Å². The van der Waals surface area contributed by atoms with Gasteiger partial charge in [-0.25, -0.2) is 0 Å². The summed E-state index contributed by atoms with van der Waals surface area (Å²) >= 11 is 3.62. The maximum atomic E-state index is 6.47. The highest BCUT2D eigenvalue weighted by atomic mass is 79.9. The van der Waals surface area contributed by atoms with Crippen molar-refractivity contribution < 1.29 is 14.2 Å². The third-order valence-corrected chi connectivity index (χ3v) is 5.83. The van der Waals surface area contributed by atoms with Gasteiger partial charge in [0.1, 0.15) is 22.7 Å². The van der Waals surface area contributed by atoms with Crippen LogP contribution in [-0.4, -0.2) is 37.3 Å². The lowest BCUT2D eigenvalue weighted by molar-refractivity contribution is -0.157. The zero-order valence-corrected chi connectivity index (χ0v) is 18.9. The van der Waals surface area contributed by atoms with E-state index in [9.17, 15) is 0 Å². The van der Waals surface area contributed by atoms with Gasteiger partial charge in [-0.15, -0.1) is 12.4 Å². The van der Waals surface area contributed by atoms with Gasteiger partial charge in [0.15, 0.2) is 0 Å². The Kier molecular flexibility index (Phi) is 6.30. The van der Waals surface area contributed by atoms with E-state index in [2.05, 4.69) is 52.9 Å². The molecule has 1 unspecified atom stereocenters. The molecular weight excluding hydrogens is 442 g/mol. The van der Waals surface area contributed by atoms with Gasteiger partial charge in [-0.2, -0.15) is 0 Å². The van der Waals surface area contributed by atoms with Crippen molar-refractivity contribution in [2.45, 2.75) is 38.0 Å². The Balaban J connectivity index is 0.00000225. The first-order valence-corrected chi connectivity index (χ1v) is 10.2. The number of morpholine rings is 1. The molecule has 2 aliphatic rings. The van der Waals surface area contributed by atoms with Gasteiger partial charge in [-0.3, -0.25) is 4.90 Å². The molecule has 6 heteroatoms. The Hall–Kier alpha value is -1.27. The Morgan fingerprint density at radius 2 is 2.00 bits per heavy atom. The maximum absolute atomic E-state index is 6.47. The first kappa shape index (κ1) is 21.4. The summed E-state index contributed by atoms with van der Waals surface area (Å²) in [6, 6.07) is 14.5. The first-order chi connectivity index (χ1) is 12.9. The minimum absolute atomic E-state index is 0. The third kappa shape index (κ3) is 4.33. The van der Waals surface area contributed by atoms with Crippen LogP contribution in [0.4, 0.5) is 0 Å². The number of benzene rings is 2. The van der Waals surface area contributed by atoms with E-state index in [0.717, 1.165) is 47.6 Å². The zero-order chi connectivity index (χ0) is 19.1. The monoisotopic (exact) mass is 467 g/mol. The summed E-state index contributed by atoms with van der Waals surface area (Å²) in [5.41, 5.74) is 1.79. The van der Waals surface area contributed by atoms with Crippen LogP contribution in [-0.2, 0) is 16.9 Å². The molecule has 1 atom stereocenters. The molecule has 152 valence electrons. The molecule has 0 aromatic heterocycles. The molecule has 2 aromatic rings. The highest BCUT2D eigenvalue weighted by Gasteiger charge is 2.48. The molecule has 0 radical (unpaired) electrons. The number of nitrogens with zero attached hydrogens (tertiary/aromatic N) is 1. The summed E-state index contributed by atoms with van der Waals surface area (Å²) in [6.07, 6.45) is 0.831. The summed E-state index contributed by atoms with van der Waals surface area (Å²) in [6.45, 7) is 7.65. The van der Waals surface area contributed by atoms with Crippen molar-refractivity contribution in [1.82, 2.24) is 4.90 Å². The van der Waals surface area contributed by atoms with Gasteiger partial charge in [0, 0.05) is 36.1 Å². The molecule has 1 fully saturated rings. The summed E-state index contributed by atoms with van der Waals surface area (Å²) in [7, 11) is 1.71. The molecule has 2 aromatic carbocycles. The van der Waals surface area contributed by atoms with E-state index in [1.165, 1.54) is 5.56 Å². The average molecular weight is 469 g/mol. The average Bonchev–Trinajstić information content (AvgIpc) is 2.62. The first-order valence-electron chi connectivity index (χ1n) is 9.37. The Labute approximate surface area is 181 Å². The Bertz CT molecular complexity index is 844. The molecule has 0 bridgehead atoms. The fraction of sp³-hybridized carbons (Fsp3) is 0.455. The molecule has 2 aliphatic heterocycles. The molecule has 28 heavy (non-hydrogen) atoms. The number of halogens is 2. The van der Waals surface area contributed by atoms with Gasteiger partial charge >= 0.3 is 0 Å². The van der Waals surface area contributed by atoms with Gasteiger partial charge in [0.25, 0.3) is 0 Å². The number of hydrogen-bond donors (Lipinski definition) is 0. The van der Waals surface area contributed by atoms with Gasteiger partial charge in [0.2, 0.25) is 0 Å². The van der Waals surface area contributed by atoms with E-state index in [1.807, 2.05) is 24.3 Å². The second-order valence-corrected chi connectivity index (χ2v) is 9.00. The fourth-order valence-electron chi connectivity index (χ4n) is 4.35. The highest BCUT2D eigenvalue weighted by molar-refractivity contribution is 9.10. The Morgan fingerprint density at radius 1 is 1.18 bits per heavy atom. The van der Waals surface area contributed by atoms with Crippen molar-refractivity contribution >= 4 is 28.3 Å². The van der Waals surface area contributed by atoms with Crippen LogP contribution in [0.3, 0.4) is 0 Å². The normalized spacial score (nSPS) is 23.4. The second-order valence-electron chi connectivity index (χ2n) is 8.08. The number of ether oxygens (including phenoxy) is 3. The molecule has 0 amide bonds. The topological polar surface area (TPSA) is 30.9 Å². The molecule has 0 aliphatic carbocycles. The molecule has 0 N–H and O–H groups in total. The van der Waals surface area contributed by atoms with E-state index in [1.54, 1.807) is 7.11 Å². The van der Waals surface area contributed by atoms with E-state index in [0.29, 0.717) is 6.61 Å². The lowest BCUT2D eigenvalue weighted by atomic mass is 9.79. The number of rotatable bonds is 3. The minimum Gasteiger partial charge on any atom is -0.497 e. The second kappa shape index (κ2) is 8.23. The van der Waals surface area contributed by atoms with Crippen molar-refractivity contribution in [2.24, 2.45) is 0 Å². The number of fused-ring (bicyclic) bond motifs is 2. The van der Waals surface area contributed by atoms with E-state index >= 15 is 0 Å². The van der Waals surface area contributed by atoms with Crippen LogP contribution in [0, 0.1) is 0 Å². The van der Waals surface area contributed by atoms with Crippen LogP contribution >= 0.6 is 28.3 Å². The predicted octanol–water partition coefficient (Wildman–Crippen LogP) is 5.17. The van der Waals surface area contributed by atoms with Gasteiger partial charge in [0.05, 0.1) is 13.7 Å². The van der Waals surface area contributed by atoms with E-state index < -0.39 is 0 Å². The molecule has 4 rings (SSSR count). The Morgan fingerprint density at radius 3 is 2.79 bits per heavy atom. The summed E-state index contributed by atoms with van der Waals surface area (Å²) < 4.78 is 19.1. The smallest absolute Gasteiger partial charge is 0.126 e. The van der Waals surface area contributed by atoms with Crippen LogP contribution < -0.4 is 9.47 Å². The van der Waals surface area contributed by atoms with Crippen molar-refractivity contribution in [2.75, 3.05) is 26.8 Å². The standard InChI is InChI=1S/C22H26BrNO3.ClH/c1-21(2)14-22(19-12-17(23)7-8-20(19)27-21)15-24(9-10-26-22)13-16-5-4-6-18(11-16)25-3;/h4-8,11-12H,9-10,13-15H2,1-3H3;1H. The zero-order valence-electron chi connectivity index (χ0n) is 16.5. The quantitative estimate of drug-likeness (QED) is 0.622. The molecule has 2 heterocycles. The highest BCUT2D eigenvalue weighted by Crippen LogP contribution is 2.48. The minimum atomic E-state index is -0.349. The molecule has 1 spiro atoms. The van der Waals surface area contributed by atoms with Crippen LogP contribution in [0.5, 0.6) is 11.5 Å². The molecule has 1 saturated heterocycles. The summed E-state index contributed by atoms with van der Waals surface area (Å²) in [4.78, 5) is 2.48. The molecular formula is C22H27BrClNO3. The van der Waals surface area contributed by atoms with Crippen molar-refractivity contribution in [3.63, 3.8) is 0 Å². The molecule has 4 nitrogen and oxygen atoms in total. The van der Waals surface area contributed by atoms with Gasteiger partial charge in [-0.1, -0.05) is 28.1 Å². The van der Waals surface area contributed by atoms with Crippen LogP contribution in [0.2, 0.25) is 0 Å². The number of hydrogen-bond acceptors (Lipinski definition) is 4. The molecule has 0 saturated carbocycles.